The van der Waals surface area contributed by atoms with Crippen molar-refractivity contribution >= 4 is 5.91 Å². The largest absolute Gasteiger partial charge is 0.394 e. The highest BCUT2D eigenvalue weighted by Gasteiger charge is 2.20. The Kier molecular flexibility index (Phi) is 3.42. The van der Waals surface area contributed by atoms with Crippen LogP contribution in [-0.2, 0) is 0 Å². The minimum atomic E-state index is -0.612. The van der Waals surface area contributed by atoms with Gasteiger partial charge in [-0.15, -0.1) is 0 Å². The first-order chi connectivity index (χ1) is 6.96. The Labute approximate surface area is 89.3 Å². The number of nitrogens with one attached hydrogen (secondary N) is 1. The summed E-state index contributed by atoms with van der Waals surface area (Å²) in [5.74, 6) is -0.209. The normalized spacial score (nSPS) is 11.2. The Hall–Kier alpha value is -1.42. The molecule has 0 aliphatic heterocycles. The second-order valence-corrected chi connectivity index (χ2v) is 4.13. The van der Waals surface area contributed by atoms with Crippen molar-refractivity contribution in [2.75, 3.05) is 6.61 Å². The van der Waals surface area contributed by atoms with E-state index in [4.69, 9.17) is 5.11 Å². The van der Waals surface area contributed by atoms with Gasteiger partial charge < -0.3 is 10.4 Å². The van der Waals surface area contributed by atoms with Crippen LogP contribution in [0, 0.1) is 6.92 Å². The summed E-state index contributed by atoms with van der Waals surface area (Å²) in [5, 5.41) is 11.8. The van der Waals surface area contributed by atoms with Crippen molar-refractivity contribution in [2.45, 2.75) is 26.3 Å². The van der Waals surface area contributed by atoms with Gasteiger partial charge in [-0.3, -0.25) is 9.78 Å². The van der Waals surface area contributed by atoms with Crippen molar-refractivity contribution in [1.82, 2.24) is 10.3 Å². The van der Waals surface area contributed by atoms with Crippen LogP contribution < -0.4 is 5.32 Å². The summed E-state index contributed by atoms with van der Waals surface area (Å²) in [6.07, 6.45) is 1.64. The molecule has 4 nitrogen and oxygen atoms in total. The predicted octanol–water partition coefficient (Wildman–Crippen LogP) is 0.891. The van der Waals surface area contributed by atoms with Gasteiger partial charge in [-0.05, 0) is 32.9 Å². The van der Waals surface area contributed by atoms with E-state index < -0.39 is 5.54 Å². The highest BCUT2D eigenvalue weighted by molar-refractivity contribution is 5.95. The number of rotatable bonds is 3. The number of aliphatic hydroxyl groups is 1. The van der Waals surface area contributed by atoms with Crippen molar-refractivity contribution < 1.29 is 9.90 Å². The number of hydrogen-bond donors (Lipinski definition) is 2. The zero-order valence-corrected chi connectivity index (χ0v) is 9.24. The number of hydrogen-bond acceptors (Lipinski definition) is 3. The van der Waals surface area contributed by atoms with Gasteiger partial charge in [0.25, 0.3) is 5.91 Å². The highest BCUT2D eigenvalue weighted by atomic mass is 16.3. The van der Waals surface area contributed by atoms with Gasteiger partial charge in [0.15, 0.2) is 0 Å². The maximum Gasteiger partial charge on any atom is 0.253 e. The van der Waals surface area contributed by atoms with E-state index in [2.05, 4.69) is 10.3 Å². The Morgan fingerprint density at radius 1 is 1.60 bits per heavy atom. The zero-order chi connectivity index (χ0) is 11.5. The maximum absolute atomic E-state index is 11.8. The third-order valence-corrected chi connectivity index (χ3v) is 2.10. The second kappa shape index (κ2) is 4.40. The zero-order valence-electron chi connectivity index (χ0n) is 9.24. The lowest BCUT2D eigenvalue weighted by Crippen LogP contribution is -2.46. The molecule has 0 unspecified atom stereocenters. The van der Waals surface area contributed by atoms with E-state index in [1.54, 1.807) is 39.1 Å². The molecule has 1 aromatic heterocycles. The lowest BCUT2D eigenvalue weighted by atomic mass is 10.1. The number of aromatic nitrogens is 1. The molecule has 0 aromatic carbocycles. The lowest BCUT2D eigenvalue weighted by Gasteiger charge is -2.23. The third-order valence-electron chi connectivity index (χ3n) is 2.10. The molecule has 0 saturated heterocycles. The second-order valence-electron chi connectivity index (χ2n) is 4.13. The molecule has 0 saturated carbocycles. The summed E-state index contributed by atoms with van der Waals surface area (Å²) in [6.45, 7) is 5.20. The molecule has 0 aliphatic rings. The number of amides is 1. The molecule has 15 heavy (non-hydrogen) atoms. The predicted molar refractivity (Wildman–Crippen MR) is 57.6 cm³/mol. The molecule has 1 rings (SSSR count). The quantitative estimate of drug-likeness (QED) is 0.775. The van der Waals surface area contributed by atoms with Crippen molar-refractivity contribution in [1.29, 1.82) is 0 Å². The molecule has 4 heteroatoms. The molecular weight excluding hydrogens is 192 g/mol. The van der Waals surface area contributed by atoms with Crippen LogP contribution in [0.4, 0.5) is 0 Å². The Morgan fingerprint density at radius 3 is 2.80 bits per heavy atom. The van der Waals surface area contributed by atoms with Crippen LogP contribution in [-0.4, -0.2) is 28.1 Å². The Morgan fingerprint density at radius 2 is 2.27 bits per heavy atom. The number of carbonyl (C=O) groups is 1. The molecule has 1 amide bonds. The van der Waals surface area contributed by atoms with Crippen LogP contribution in [0.2, 0.25) is 0 Å². The average molecular weight is 208 g/mol. The van der Waals surface area contributed by atoms with Crippen LogP contribution in [0.1, 0.15) is 29.9 Å². The number of pyridine rings is 1. The van der Waals surface area contributed by atoms with Crippen molar-refractivity contribution in [3.05, 3.63) is 29.6 Å². The van der Waals surface area contributed by atoms with Crippen LogP contribution >= 0.6 is 0 Å². The molecule has 0 radical (unpaired) electrons. The van der Waals surface area contributed by atoms with Gasteiger partial charge in [0.1, 0.15) is 0 Å². The van der Waals surface area contributed by atoms with Crippen LogP contribution in [0.15, 0.2) is 18.3 Å². The number of nitrogens with zero attached hydrogens (tertiary/aromatic N) is 1. The average Bonchev–Trinajstić information content (AvgIpc) is 2.17. The lowest BCUT2D eigenvalue weighted by molar-refractivity contribution is 0.0868. The van der Waals surface area contributed by atoms with Gasteiger partial charge >= 0.3 is 0 Å². The molecule has 82 valence electrons. The summed E-state index contributed by atoms with van der Waals surface area (Å²) in [6, 6.07) is 3.43. The van der Waals surface area contributed by atoms with E-state index >= 15 is 0 Å². The van der Waals surface area contributed by atoms with Gasteiger partial charge in [-0.1, -0.05) is 0 Å². The van der Waals surface area contributed by atoms with E-state index in [0.29, 0.717) is 11.3 Å². The van der Waals surface area contributed by atoms with E-state index in [-0.39, 0.29) is 12.5 Å². The van der Waals surface area contributed by atoms with Crippen LogP contribution in [0.3, 0.4) is 0 Å². The molecule has 0 aliphatic carbocycles. The third kappa shape index (κ3) is 3.02. The fourth-order valence-electron chi connectivity index (χ4n) is 1.14. The molecule has 0 fully saturated rings. The van der Waals surface area contributed by atoms with Crippen LogP contribution in [0.5, 0.6) is 0 Å². The van der Waals surface area contributed by atoms with Crippen molar-refractivity contribution in [2.24, 2.45) is 0 Å². The Balaban J connectivity index is 2.83. The summed E-state index contributed by atoms with van der Waals surface area (Å²) in [5.41, 5.74) is 0.613. The summed E-state index contributed by atoms with van der Waals surface area (Å²) < 4.78 is 0. The molecule has 0 atom stereocenters. The fraction of sp³-hybridized carbons (Fsp3) is 0.455. The standard InChI is InChI=1S/C11H16N2O2/c1-8-9(5-4-6-12-8)10(15)13-11(2,3)7-14/h4-6,14H,7H2,1-3H3,(H,13,15). The summed E-state index contributed by atoms with van der Waals surface area (Å²) in [4.78, 5) is 15.8. The first-order valence-corrected chi connectivity index (χ1v) is 4.81. The van der Waals surface area contributed by atoms with E-state index in [1.807, 2.05) is 0 Å². The van der Waals surface area contributed by atoms with E-state index in [1.165, 1.54) is 0 Å². The molecular formula is C11H16N2O2. The minimum absolute atomic E-state index is 0.0992. The fourth-order valence-corrected chi connectivity index (χ4v) is 1.14. The topological polar surface area (TPSA) is 62.2 Å². The SMILES string of the molecule is Cc1ncccc1C(=O)NC(C)(C)CO. The Bertz CT molecular complexity index is 361. The van der Waals surface area contributed by atoms with Gasteiger partial charge in [-0.2, -0.15) is 0 Å². The maximum atomic E-state index is 11.8. The smallest absolute Gasteiger partial charge is 0.253 e. The number of carbonyl (C=O) groups excluding carboxylic acids is 1. The molecule has 2 N–H and O–H groups in total. The monoisotopic (exact) mass is 208 g/mol. The van der Waals surface area contributed by atoms with Gasteiger partial charge in [0.2, 0.25) is 0 Å². The van der Waals surface area contributed by atoms with Gasteiger partial charge in [0, 0.05) is 11.9 Å². The van der Waals surface area contributed by atoms with Crippen molar-refractivity contribution in [3.63, 3.8) is 0 Å². The van der Waals surface area contributed by atoms with E-state index in [0.717, 1.165) is 0 Å². The molecule has 0 bridgehead atoms. The van der Waals surface area contributed by atoms with E-state index in [9.17, 15) is 4.79 Å². The van der Waals surface area contributed by atoms with Crippen LogP contribution in [0.25, 0.3) is 0 Å². The number of aryl methyl sites for hydroxylation is 1. The first-order valence-electron chi connectivity index (χ1n) is 4.81. The highest BCUT2D eigenvalue weighted by Crippen LogP contribution is 2.07. The first kappa shape index (κ1) is 11.7. The molecule has 1 heterocycles. The minimum Gasteiger partial charge on any atom is -0.394 e. The van der Waals surface area contributed by atoms with Gasteiger partial charge in [0.05, 0.1) is 17.7 Å². The van der Waals surface area contributed by atoms with Crippen molar-refractivity contribution in [3.8, 4) is 0 Å². The van der Waals surface area contributed by atoms with Gasteiger partial charge in [-0.25, -0.2) is 0 Å². The number of aliphatic hydroxyl groups excluding tert-OH is 1. The summed E-state index contributed by atoms with van der Waals surface area (Å²) >= 11 is 0. The molecule has 1 aromatic rings. The summed E-state index contributed by atoms with van der Waals surface area (Å²) in [7, 11) is 0. The molecule has 0 spiro atoms.